The zero-order valence-corrected chi connectivity index (χ0v) is 21.0. The number of carbonyl (C=O) groups excluding carboxylic acids is 2. The zero-order chi connectivity index (χ0) is 26.7. The number of aliphatic hydroxyl groups excluding tert-OH is 1. The average molecular weight is 539 g/mol. The molecule has 0 bridgehead atoms. The Morgan fingerprint density at radius 1 is 1.19 bits per heavy atom. The lowest BCUT2D eigenvalue weighted by atomic mass is 9.94. The van der Waals surface area contributed by atoms with Gasteiger partial charge in [0.1, 0.15) is 0 Å². The van der Waals surface area contributed by atoms with Crippen LogP contribution in [0.3, 0.4) is 0 Å². The van der Waals surface area contributed by atoms with Crippen molar-refractivity contribution in [1.82, 2.24) is 9.80 Å². The van der Waals surface area contributed by atoms with Gasteiger partial charge in [0.05, 0.1) is 16.3 Å². The molecule has 2 aliphatic heterocycles. The van der Waals surface area contributed by atoms with E-state index in [1.165, 1.54) is 6.07 Å². The van der Waals surface area contributed by atoms with Crippen LogP contribution in [0.4, 0.5) is 29.3 Å². The normalized spacial score (nSPS) is 17.7. The van der Waals surface area contributed by atoms with Gasteiger partial charge in [-0.2, -0.15) is 13.2 Å². The number of alkyl halides is 3. The monoisotopic (exact) mass is 538 g/mol. The highest BCUT2D eigenvalue weighted by atomic mass is 35.5. The maximum absolute atomic E-state index is 13.3. The Morgan fingerprint density at radius 2 is 1.89 bits per heavy atom. The number of nitrogens with zero attached hydrogens (tertiary/aromatic N) is 2. The number of hydrogen-bond acceptors (Lipinski definition) is 4. The minimum atomic E-state index is -4.66. The molecular formula is C26H30ClF3N4O3. The third kappa shape index (κ3) is 6.30. The van der Waals surface area contributed by atoms with E-state index in [0.29, 0.717) is 32.5 Å². The molecule has 3 amide bonds. The number of piperidine rings is 1. The van der Waals surface area contributed by atoms with Crippen LogP contribution in [0, 0.1) is 5.92 Å². The van der Waals surface area contributed by atoms with Crippen molar-refractivity contribution in [1.29, 1.82) is 0 Å². The van der Waals surface area contributed by atoms with Gasteiger partial charge in [0.2, 0.25) is 5.91 Å². The number of benzene rings is 2. The van der Waals surface area contributed by atoms with Crippen molar-refractivity contribution in [3.63, 3.8) is 0 Å². The summed E-state index contributed by atoms with van der Waals surface area (Å²) in [5.74, 6) is -0.747. The van der Waals surface area contributed by atoms with Crippen molar-refractivity contribution in [2.24, 2.45) is 5.92 Å². The molecule has 0 spiro atoms. The van der Waals surface area contributed by atoms with Gasteiger partial charge in [-0.3, -0.25) is 4.79 Å². The first kappa shape index (κ1) is 27.1. The van der Waals surface area contributed by atoms with Crippen LogP contribution in [0.1, 0.15) is 36.0 Å². The molecule has 7 nitrogen and oxygen atoms in total. The van der Waals surface area contributed by atoms with Crippen LogP contribution in [-0.4, -0.2) is 59.1 Å². The topological polar surface area (TPSA) is 98.9 Å². The van der Waals surface area contributed by atoms with Gasteiger partial charge in [0.15, 0.2) is 0 Å². The number of hydrogen-bond donors (Lipinski definition) is 3. The molecule has 0 radical (unpaired) electrons. The van der Waals surface area contributed by atoms with Crippen molar-refractivity contribution in [2.75, 3.05) is 37.3 Å². The molecule has 2 aromatic carbocycles. The Balaban J connectivity index is 1.33. The number of para-hydroxylation sites is 1. The van der Waals surface area contributed by atoms with Crippen LogP contribution in [0.25, 0.3) is 0 Å². The second kappa shape index (κ2) is 11.2. The van der Waals surface area contributed by atoms with E-state index in [-0.39, 0.29) is 48.0 Å². The molecular weight excluding hydrogens is 509 g/mol. The third-order valence-electron chi connectivity index (χ3n) is 7.14. The molecule has 2 aromatic rings. The summed E-state index contributed by atoms with van der Waals surface area (Å²) in [6.45, 7) is 1.16. The van der Waals surface area contributed by atoms with Crippen LogP contribution in [0.2, 0.25) is 5.02 Å². The van der Waals surface area contributed by atoms with Gasteiger partial charge in [-0.1, -0.05) is 29.8 Å². The summed E-state index contributed by atoms with van der Waals surface area (Å²) in [4.78, 5) is 29.3. The van der Waals surface area contributed by atoms with Gasteiger partial charge in [-0.05, 0) is 60.9 Å². The zero-order valence-electron chi connectivity index (χ0n) is 20.2. The van der Waals surface area contributed by atoms with Crippen molar-refractivity contribution < 1.29 is 27.9 Å². The number of nitrogens with one attached hydrogen (secondary N) is 1. The molecule has 1 atom stereocenters. The third-order valence-corrected chi connectivity index (χ3v) is 7.45. The number of nitrogens with two attached hydrogens (primary N) is 1. The number of anilines is 2. The van der Waals surface area contributed by atoms with Crippen molar-refractivity contribution in [2.45, 2.75) is 44.3 Å². The quantitative estimate of drug-likeness (QED) is 0.469. The van der Waals surface area contributed by atoms with E-state index in [0.717, 1.165) is 23.7 Å². The van der Waals surface area contributed by atoms with E-state index >= 15 is 0 Å². The Bertz CT molecular complexity index is 1150. The molecule has 37 heavy (non-hydrogen) atoms. The summed E-state index contributed by atoms with van der Waals surface area (Å²) in [6.07, 6.45) is -2.62. The second-order valence-corrected chi connectivity index (χ2v) is 10.0. The molecule has 0 saturated carbocycles. The number of nitrogen functional groups attached to an aromatic ring is 1. The van der Waals surface area contributed by atoms with Gasteiger partial charge in [-0.25, -0.2) is 4.79 Å². The fourth-order valence-corrected chi connectivity index (χ4v) is 5.34. The predicted octanol–water partition coefficient (Wildman–Crippen LogP) is 4.56. The number of likely N-dealkylation sites (tertiary alicyclic amines) is 1. The standard InChI is InChI=1S/C26H30ClF3N4O3/c27-21-13-16(12-20(24(21)31)26(28,29)30)11-17(15-35)14-23(36)33-8-6-19(7-9-33)34-10-5-18-3-1-2-4-22(18)32-25(34)37/h1-4,12-13,17,19,35H,5-11,14-15,31H2,(H,32,37). The van der Waals surface area contributed by atoms with Crippen LogP contribution < -0.4 is 11.1 Å². The molecule has 1 saturated heterocycles. The molecule has 2 aliphatic rings. The first-order valence-corrected chi connectivity index (χ1v) is 12.6. The number of rotatable bonds is 6. The summed E-state index contributed by atoms with van der Waals surface area (Å²) >= 11 is 5.91. The van der Waals surface area contributed by atoms with E-state index in [4.69, 9.17) is 17.3 Å². The molecule has 4 rings (SSSR count). The van der Waals surface area contributed by atoms with Crippen LogP contribution >= 0.6 is 11.6 Å². The largest absolute Gasteiger partial charge is 0.418 e. The predicted molar refractivity (Wildman–Crippen MR) is 135 cm³/mol. The van der Waals surface area contributed by atoms with Gasteiger partial charge >= 0.3 is 12.2 Å². The fraction of sp³-hybridized carbons (Fsp3) is 0.462. The van der Waals surface area contributed by atoms with E-state index in [9.17, 15) is 27.9 Å². The lowest BCUT2D eigenvalue weighted by Crippen LogP contribution is -2.50. The molecule has 0 aromatic heterocycles. The molecule has 1 unspecified atom stereocenters. The summed E-state index contributed by atoms with van der Waals surface area (Å²) in [5.41, 5.74) is 6.09. The van der Waals surface area contributed by atoms with E-state index in [1.54, 1.807) is 4.90 Å². The smallest absolute Gasteiger partial charge is 0.397 e. The van der Waals surface area contributed by atoms with Gasteiger partial charge < -0.3 is 26.0 Å². The summed E-state index contributed by atoms with van der Waals surface area (Å²) < 4.78 is 39.9. The molecule has 0 aliphatic carbocycles. The summed E-state index contributed by atoms with van der Waals surface area (Å²) in [6, 6.07) is 9.84. The van der Waals surface area contributed by atoms with Crippen LogP contribution in [-0.2, 0) is 23.8 Å². The highest BCUT2D eigenvalue weighted by Crippen LogP contribution is 2.38. The number of halogens is 4. The molecule has 11 heteroatoms. The van der Waals surface area contributed by atoms with Gasteiger partial charge in [-0.15, -0.1) is 0 Å². The molecule has 2 heterocycles. The average Bonchev–Trinajstić information content (AvgIpc) is 3.03. The first-order chi connectivity index (χ1) is 17.6. The number of fused-ring (bicyclic) bond motifs is 1. The Morgan fingerprint density at radius 3 is 2.57 bits per heavy atom. The van der Waals surface area contributed by atoms with Crippen molar-refractivity contribution in [3.05, 3.63) is 58.1 Å². The van der Waals surface area contributed by atoms with Crippen molar-refractivity contribution in [3.8, 4) is 0 Å². The lowest BCUT2D eigenvalue weighted by Gasteiger charge is -2.38. The van der Waals surface area contributed by atoms with E-state index < -0.39 is 23.3 Å². The highest BCUT2D eigenvalue weighted by molar-refractivity contribution is 6.33. The molecule has 200 valence electrons. The maximum atomic E-state index is 13.3. The van der Waals surface area contributed by atoms with Crippen molar-refractivity contribution >= 4 is 34.9 Å². The fourth-order valence-electron chi connectivity index (χ4n) is 5.10. The summed E-state index contributed by atoms with van der Waals surface area (Å²) in [7, 11) is 0. The Labute approximate surface area is 218 Å². The SMILES string of the molecule is Nc1c(Cl)cc(CC(CO)CC(=O)N2CCC(N3CCc4ccccc4NC3=O)CC2)cc1C(F)(F)F. The van der Waals surface area contributed by atoms with Gasteiger partial charge in [0.25, 0.3) is 0 Å². The first-order valence-electron chi connectivity index (χ1n) is 12.3. The Hall–Kier alpha value is -2.98. The maximum Gasteiger partial charge on any atom is 0.418 e. The number of aliphatic hydroxyl groups is 1. The summed E-state index contributed by atoms with van der Waals surface area (Å²) in [5, 5.41) is 12.6. The number of amides is 3. The minimum absolute atomic E-state index is 0.00436. The lowest BCUT2D eigenvalue weighted by molar-refractivity contribution is -0.137. The van der Waals surface area contributed by atoms with E-state index in [1.807, 2.05) is 29.2 Å². The van der Waals surface area contributed by atoms with Gasteiger partial charge in [0, 0.05) is 44.4 Å². The molecule has 4 N–H and O–H groups in total. The highest BCUT2D eigenvalue weighted by Gasteiger charge is 2.35. The van der Waals surface area contributed by atoms with E-state index in [2.05, 4.69) is 5.32 Å². The second-order valence-electron chi connectivity index (χ2n) is 9.64. The minimum Gasteiger partial charge on any atom is -0.397 e. The Kier molecular flexibility index (Phi) is 8.18. The number of urea groups is 1. The van der Waals surface area contributed by atoms with Crippen LogP contribution in [0.15, 0.2) is 36.4 Å². The number of carbonyl (C=O) groups is 2. The van der Waals surface area contributed by atoms with Crippen LogP contribution in [0.5, 0.6) is 0 Å². The molecule has 1 fully saturated rings.